The molecule has 2 aliphatic rings. The van der Waals surface area contributed by atoms with Crippen LogP contribution >= 0.6 is 0 Å². The van der Waals surface area contributed by atoms with Crippen molar-refractivity contribution in [2.45, 2.75) is 37.9 Å². The van der Waals surface area contributed by atoms with Gasteiger partial charge in [0.2, 0.25) is 5.91 Å². The van der Waals surface area contributed by atoms with Gasteiger partial charge in [-0.25, -0.2) is 0 Å². The zero-order valence-corrected chi connectivity index (χ0v) is 8.94. The third-order valence-corrected chi connectivity index (χ3v) is 3.35. The molecule has 80 valence electrons. The largest absolute Gasteiger partial charge is 0.338 e. The fourth-order valence-electron chi connectivity index (χ4n) is 1.98. The van der Waals surface area contributed by atoms with Crippen molar-refractivity contribution in [1.29, 1.82) is 0 Å². The summed E-state index contributed by atoms with van der Waals surface area (Å²) in [6, 6.07) is 0.988. The number of nitrogens with two attached hydrogens (primary N) is 1. The predicted molar refractivity (Wildman–Crippen MR) is 54.8 cm³/mol. The molecule has 0 radical (unpaired) electrons. The van der Waals surface area contributed by atoms with E-state index >= 15 is 0 Å². The lowest BCUT2D eigenvalue weighted by Gasteiger charge is -2.39. The molecular formula is C10H19N3O. The van der Waals surface area contributed by atoms with Gasteiger partial charge < -0.3 is 10.6 Å². The molecule has 2 N–H and O–H groups in total. The lowest BCUT2D eigenvalue weighted by Crippen LogP contribution is -2.63. The van der Waals surface area contributed by atoms with Crippen LogP contribution in [0.3, 0.4) is 0 Å². The first-order chi connectivity index (χ1) is 6.59. The Labute approximate surface area is 85.0 Å². The molecule has 1 saturated heterocycles. The Morgan fingerprint density at radius 3 is 2.71 bits per heavy atom. The van der Waals surface area contributed by atoms with E-state index in [4.69, 9.17) is 5.73 Å². The van der Waals surface area contributed by atoms with Crippen LogP contribution in [0.2, 0.25) is 0 Å². The number of carbonyl (C=O) groups excluding carboxylic acids is 1. The molecule has 0 aromatic heterocycles. The summed E-state index contributed by atoms with van der Waals surface area (Å²) in [6.07, 6.45) is 2.63. The van der Waals surface area contributed by atoms with Gasteiger partial charge in [-0.3, -0.25) is 9.69 Å². The van der Waals surface area contributed by atoms with Crippen LogP contribution in [0.1, 0.15) is 19.8 Å². The van der Waals surface area contributed by atoms with E-state index in [9.17, 15) is 4.79 Å². The average molecular weight is 197 g/mol. The number of amides is 1. The van der Waals surface area contributed by atoms with Crippen LogP contribution in [0.4, 0.5) is 0 Å². The Morgan fingerprint density at radius 1 is 1.64 bits per heavy atom. The molecule has 1 amide bonds. The predicted octanol–water partition coefficient (Wildman–Crippen LogP) is -0.361. The molecule has 2 unspecified atom stereocenters. The molecule has 1 aliphatic heterocycles. The lowest BCUT2D eigenvalue weighted by atomic mass is 10.1. The van der Waals surface area contributed by atoms with Crippen molar-refractivity contribution in [3.63, 3.8) is 0 Å². The normalized spacial score (nSPS) is 29.3. The summed E-state index contributed by atoms with van der Waals surface area (Å²) in [5.41, 5.74) is 5.53. The monoisotopic (exact) mass is 197 g/mol. The van der Waals surface area contributed by atoms with E-state index in [2.05, 4.69) is 18.9 Å². The van der Waals surface area contributed by atoms with Gasteiger partial charge in [-0.1, -0.05) is 0 Å². The summed E-state index contributed by atoms with van der Waals surface area (Å²) in [7, 11) is 2.15. The van der Waals surface area contributed by atoms with E-state index in [1.54, 1.807) is 0 Å². The molecule has 0 bridgehead atoms. The molecule has 0 aromatic carbocycles. The first-order valence-electron chi connectivity index (χ1n) is 5.36. The van der Waals surface area contributed by atoms with Crippen LogP contribution in [0, 0.1) is 0 Å². The maximum Gasteiger partial charge on any atom is 0.241 e. The van der Waals surface area contributed by atoms with Crippen molar-refractivity contribution in [2.24, 2.45) is 5.73 Å². The minimum atomic E-state index is -0.228. The highest BCUT2D eigenvalue weighted by molar-refractivity contribution is 5.87. The molecule has 4 heteroatoms. The molecule has 1 saturated carbocycles. The fraction of sp³-hybridized carbons (Fsp3) is 0.900. The third kappa shape index (κ3) is 1.77. The number of nitrogens with zero attached hydrogens (tertiary/aromatic N) is 2. The van der Waals surface area contributed by atoms with Crippen molar-refractivity contribution in [3.8, 4) is 0 Å². The second-order valence-electron chi connectivity index (χ2n) is 4.60. The SMILES string of the molecule is CC(CN1CC(N)C1=O)N(C)C1CC1. The topological polar surface area (TPSA) is 49.6 Å². The number of β-lactam (4-membered cyclic amide) rings is 1. The zero-order chi connectivity index (χ0) is 10.3. The molecule has 2 rings (SSSR count). The lowest BCUT2D eigenvalue weighted by molar-refractivity contribution is -0.143. The minimum absolute atomic E-state index is 0.112. The van der Waals surface area contributed by atoms with E-state index in [1.807, 2.05) is 4.90 Å². The van der Waals surface area contributed by atoms with Gasteiger partial charge in [-0.2, -0.15) is 0 Å². The summed E-state index contributed by atoms with van der Waals surface area (Å²) in [4.78, 5) is 15.5. The third-order valence-electron chi connectivity index (χ3n) is 3.35. The van der Waals surface area contributed by atoms with Gasteiger partial charge in [0.15, 0.2) is 0 Å². The first kappa shape index (κ1) is 9.93. The summed E-state index contributed by atoms with van der Waals surface area (Å²) in [5, 5.41) is 0. The molecule has 2 atom stereocenters. The Hall–Kier alpha value is -0.610. The number of rotatable bonds is 4. The van der Waals surface area contributed by atoms with E-state index in [0.29, 0.717) is 6.04 Å². The maximum atomic E-state index is 11.3. The molecule has 1 heterocycles. The number of carbonyl (C=O) groups is 1. The molecule has 0 aromatic rings. The van der Waals surface area contributed by atoms with Gasteiger partial charge in [0.1, 0.15) is 6.04 Å². The Bertz CT molecular complexity index is 240. The summed E-state index contributed by atoms with van der Waals surface area (Å²) in [5.74, 6) is 0.112. The van der Waals surface area contributed by atoms with Gasteiger partial charge in [0, 0.05) is 25.2 Å². The zero-order valence-electron chi connectivity index (χ0n) is 8.94. The van der Waals surface area contributed by atoms with Crippen LogP contribution in [0.5, 0.6) is 0 Å². The molecule has 0 spiro atoms. The van der Waals surface area contributed by atoms with Crippen molar-refractivity contribution in [2.75, 3.05) is 20.1 Å². The Kier molecular flexibility index (Phi) is 2.49. The minimum Gasteiger partial charge on any atom is -0.338 e. The van der Waals surface area contributed by atoms with Crippen LogP contribution in [0.25, 0.3) is 0 Å². The van der Waals surface area contributed by atoms with Gasteiger partial charge in [0.25, 0.3) is 0 Å². The van der Waals surface area contributed by atoms with Crippen molar-refractivity contribution >= 4 is 5.91 Å². The summed E-state index contributed by atoms with van der Waals surface area (Å²) >= 11 is 0. The highest BCUT2D eigenvalue weighted by atomic mass is 16.2. The van der Waals surface area contributed by atoms with Gasteiger partial charge in [0.05, 0.1) is 0 Å². The summed E-state index contributed by atoms with van der Waals surface area (Å²) < 4.78 is 0. The fourth-order valence-corrected chi connectivity index (χ4v) is 1.98. The van der Waals surface area contributed by atoms with E-state index in [-0.39, 0.29) is 11.9 Å². The quantitative estimate of drug-likeness (QED) is 0.626. The van der Waals surface area contributed by atoms with Crippen molar-refractivity contribution in [1.82, 2.24) is 9.80 Å². The summed E-state index contributed by atoms with van der Waals surface area (Å²) in [6.45, 7) is 3.75. The number of hydrogen-bond acceptors (Lipinski definition) is 3. The van der Waals surface area contributed by atoms with Gasteiger partial charge in [-0.05, 0) is 26.8 Å². The molecule has 14 heavy (non-hydrogen) atoms. The van der Waals surface area contributed by atoms with E-state index in [0.717, 1.165) is 19.1 Å². The van der Waals surface area contributed by atoms with E-state index in [1.165, 1.54) is 12.8 Å². The highest BCUT2D eigenvalue weighted by Gasteiger charge is 2.36. The van der Waals surface area contributed by atoms with Crippen LogP contribution in [-0.2, 0) is 4.79 Å². The molecule has 1 aliphatic carbocycles. The Balaban J connectivity index is 1.77. The van der Waals surface area contributed by atoms with Crippen LogP contribution in [-0.4, -0.2) is 54.0 Å². The smallest absolute Gasteiger partial charge is 0.241 e. The van der Waals surface area contributed by atoms with Crippen LogP contribution < -0.4 is 5.73 Å². The number of likely N-dealkylation sites (N-methyl/N-ethyl adjacent to an activating group) is 1. The van der Waals surface area contributed by atoms with E-state index < -0.39 is 0 Å². The van der Waals surface area contributed by atoms with Crippen molar-refractivity contribution < 1.29 is 4.79 Å². The second kappa shape index (κ2) is 3.51. The van der Waals surface area contributed by atoms with Crippen molar-refractivity contribution in [3.05, 3.63) is 0 Å². The number of hydrogen-bond donors (Lipinski definition) is 1. The second-order valence-corrected chi connectivity index (χ2v) is 4.60. The Morgan fingerprint density at radius 2 is 2.29 bits per heavy atom. The highest BCUT2D eigenvalue weighted by Crippen LogP contribution is 2.27. The first-order valence-corrected chi connectivity index (χ1v) is 5.36. The van der Waals surface area contributed by atoms with Gasteiger partial charge >= 0.3 is 0 Å². The maximum absolute atomic E-state index is 11.3. The standard InChI is InChI=1S/C10H19N3O/c1-7(12(2)8-3-4-8)5-13-6-9(11)10(13)14/h7-9H,3-6,11H2,1-2H3. The van der Waals surface area contributed by atoms with Gasteiger partial charge in [-0.15, -0.1) is 0 Å². The molecule has 4 nitrogen and oxygen atoms in total. The van der Waals surface area contributed by atoms with Crippen LogP contribution in [0.15, 0.2) is 0 Å². The number of likely N-dealkylation sites (tertiary alicyclic amines) is 1. The molecular weight excluding hydrogens is 178 g/mol. The molecule has 2 fully saturated rings. The average Bonchev–Trinajstić information content (AvgIpc) is 2.98.